The summed E-state index contributed by atoms with van der Waals surface area (Å²) < 4.78 is 1.16. The Morgan fingerprint density at radius 2 is 1.94 bits per heavy atom. The second-order valence-corrected chi connectivity index (χ2v) is 5.56. The number of carbonyl (C=O) groups excluding carboxylic acids is 1. The van der Waals surface area contributed by atoms with Crippen molar-refractivity contribution >= 4 is 21.7 Å². The Balaban J connectivity index is 1.73. The Morgan fingerprint density at radius 3 is 2.65 bits per heavy atom. The molecule has 1 saturated carbocycles. The maximum atomic E-state index is 11.1. The number of nitrogens with one attached hydrogen (secondary N) is 1. The molecule has 1 aliphatic carbocycles. The lowest BCUT2D eigenvalue weighted by Crippen LogP contribution is -2.26. The molecule has 1 aliphatic rings. The molecule has 2 nitrogen and oxygen atoms in total. The third-order valence-corrected chi connectivity index (χ3v) is 4.14. The summed E-state index contributed by atoms with van der Waals surface area (Å²) >= 11 is 3.55. The number of ketones is 1. The van der Waals surface area contributed by atoms with Gasteiger partial charge in [-0.05, 0) is 36.9 Å². The van der Waals surface area contributed by atoms with Gasteiger partial charge in [0.15, 0.2) is 0 Å². The molecule has 0 aromatic heterocycles. The van der Waals surface area contributed by atoms with Gasteiger partial charge in [0.25, 0.3) is 0 Å². The fourth-order valence-corrected chi connectivity index (χ4v) is 2.68. The highest BCUT2D eigenvalue weighted by atomic mass is 79.9. The number of rotatable bonds is 4. The third-order valence-electron chi connectivity index (χ3n) is 3.37. The van der Waals surface area contributed by atoms with E-state index < -0.39 is 0 Å². The van der Waals surface area contributed by atoms with Gasteiger partial charge >= 0.3 is 0 Å². The Bertz CT molecular complexity index is 382. The van der Waals surface area contributed by atoms with Crippen molar-refractivity contribution in [2.45, 2.75) is 32.2 Å². The van der Waals surface area contributed by atoms with E-state index in [2.05, 4.69) is 39.4 Å². The average Bonchev–Trinajstić information content (AvgIpc) is 2.34. The molecule has 0 atom stereocenters. The van der Waals surface area contributed by atoms with Gasteiger partial charge in [-0.3, -0.25) is 4.79 Å². The number of hydrogen-bond donors (Lipinski definition) is 1. The predicted octanol–water partition coefficient (Wildman–Crippen LogP) is 3.30. The SMILES string of the molecule is O=C1CCC(CNCc2ccccc2Br)CC1. The van der Waals surface area contributed by atoms with Crippen molar-refractivity contribution in [2.75, 3.05) is 6.54 Å². The van der Waals surface area contributed by atoms with Crippen LogP contribution in [0.2, 0.25) is 0 Å². The zero-order chi connectivity index (χ0) is 12.1. The molecule has 2 rings (SSSR count). The zero-order valence-electron chi connectivity index (χ0n) is 9.92. The lowest BCUT2D eigenvalue weighted by molar-refractivity contribution is -0.120. The minimum absolute atomic E-state index is 0.437. The summed E-state index contributed by atoms with van der Waals surface area (Å²) in [6.45, 7) is 1.92. The summed E-state index contributed by atoms with van der Waals surface area (Å²) in [4.78, 5) is 11.1. The van der Waals surface area contributed by atoms with Crippen LogP contribution in [0.5, 0.6) is 0 Å². The highest BCUT2D eigenvalue weighted by molar-refractivity contribution is 9.10. The van der Waals surface area contributed by atoms with E-state index in [1.165, 1.54) is 5.56 Å². The van der Waals surface area contributed by atoms with Crippen LogP contribution in [0.25, 0.3) is 0 Å². The monoisotopic (exact) mass is 295 g/mol. The molecule has 0 unspecified atom stereocenters. The lowest BCUT2D eigenvalue weighted by atomic mass is 9.88. The van der Waals surface area contributed by atoms with Crippen LogP contribution in [-0.4, -0.2) is 12.3 Å². The van der Waals surface area contributed by atoms with Crippen molar-refractivity contribution in [3.05, 3.63) is 34.3 Å². The number of benzene rings is 1. The molecule has 0 bridgehead atoms. The first-order valence-electron chi connectivity index (χ1n) is 6.21. The van der Waals surface area contributed by atoms with Crippen LogP contribution < -0.4 is 5.32 Å². The van der Waals surface area contributed by atoms with Crippen molar-refractivity contribution in [1.29, 1.82) is 0 Å². The van der Waals surface area contributed by atoms with Gasteiger partial charge in [0.2, 0.25) is 0 Å². The average molecular weight is 296 g/mol. The molecular formula is C14H18BrNO. The maximum Gasteiger partial charge on any atom is 0.132 e. The summed E-state index contributed by atoms with van der Waals surface area (Å²) in [5.41, 5.74) is 1.29. The summed E-state index contributed by atoms with van der Waals surface area (Å²) in [6.07, 6.45) is 3.67. The van der Waals surface area contributed by atoms with E-state index in [1.54, 1.807) is 0 Å². The Labute approximate surface area is 111 Å². The van der Waals surface area contributed by atoms with E-state index in [4.69, 9.17) is 0 Å². The van der Waals surface area contributed by atoms with Crippen molar-refractivity contribution < 1.29 is 4.79 Å². The molecule has 0 heterocycles. The van der Waals surface area contributed by atoms with Crippen molar-refractivity contribution in [2.24, 2.45) is 5.92 Å². The van der Waals surface area contributed by atoms with Crippen LogP contribution in [0.4, 0.5) is 0 Å². The minimum Gasteiger partial charge on any atom is -0.312 e. The Hall–Kier alpha value is -0.670. The van der Waals surface area contributed by atoms with Crippen molar-refractivity contribution in [3.63, 3.8) is 0 Å². The van der Waals surface area contributed by atoms with Gasteiger partial charge in [-0.25, -0.2) is 0 Å². The predicted molar refractivity (Wildman–Crippen MR) is 72.8 cm³/mol. The first-order chi connectivity index (χ1) is 8.25. The maximum absolute atomic E-state index is 11.1. The number of Topliss-reactive ketones (excluding diaryl/α,β-unsaturated/α-hetero) is 1. The van der Waals surface area contributed by atoms with E-state index in [0.29, 0.717) is 11.7 Å². The van der Waals surface area contributed by atoms with Gasteiger partial charge in [0, 0.05) is 23.9 Å². The molecule has 1 fully saturated rings. The van der Waals surface area contributed by atoms with Crippen LogP contribution in [0.15, 0.2) is 28.7 Å². The van der Waals surface area contributed by atoms with E-state index >= 15 is 0 Å². The van der Waals surface area contributed by atoms with Crippen molar-refractivity contribution in [1.82, 2.24) is 5.32 Å². The molecule has 0 saturated heterocycles. The molecular weight excluding hydrogens is 278 g/mol. The van der Waals surface area contributed by atoms with Gasteiger partial charge in [-0.15, -0.1) is 0 Å². The Morgan fingerprint density at radius 1 is 1.24 bits per heavy atom. The van der Waals surface area contributed by atoms with Crippen LogP contribution in [0.1, 0.15) is 31.2 Å². The highest BCUT2D eigenvalue weighted by Gasteiger charge is 2.17. The van der Waals surface area contributed by atoms with E-state index in [0.717, 1.165) is 43.2 Å². The zero-order valence-corrected chi connectivity index (χ0v) is 11.5. The topological polar surface area (TPSA) is 29.1 Å². The molecule has 0 spiro atoms. The highest BCUT2D eigenvalue weighted by Crippen LogP contribution is 2.21. The first-order valence-corrected chi connectivity index (χ1v) is 7.01. The second-order valence-electron chi connectivity index (χ2n) is 4.70. The van der Waals surface area contributed by atoms with Gasteiger partial charge < -0.3 is 5.32 Å². The standard InChI is InChI=1S/C14H18BrNO/c15-14-4-2-1-3-12(14)10-16-9-11-5-7-13(17)8-6-11/h1-4,11,16H,5-10H2. The van der Waals surface area contributed by atoms with Gasteiger partial charge in [-0.2, -0.15) is 0 Å². The molecule has 1 aromatic carbocycles. The van der Waals surface area contributed by atoms with Crippen LogP contribution in [0.3, 0.4) is 0 Å². The molecule has 0 aliphatic heterocycles. The van der Waals surface area contributed by atoms with Crippen LogP contribution in [-0.2, 0) is 11.3 Å². The van der Waals surface area contributed by atoms with Gasteiger partial charge in [0.05, 0.1) is 0 Å². The largest absolute Gasteiger partial charge is 0.312 e. The fraction of sp³-hybridized carbons (Fsp3) is 0.500. The smallest absolute Gasteiger partial charge is 0.132 e. The molecule has 92 valence electrons. The first kappa shape index (κ1) is 12.8. The lowest BCUT2D eigenvalue weighted by Gasteiger charge is -2.21. The molecule has 0 amide bonds. The Kier molecular flexibility index (Phi) is 4.75. The minimum atomic E-state index is 0.437. The van der Waals surface area contributed by atoms with Crippen LogP contribution in [0, 0.1) is 5.92 Å². The second kappa shape index (κ2) is 6.31. The number of halogens is 1. The van der Waals surface area contributed by atoms with Crippen molar-refractivity contribution in [3.8, 4) is 0 Å². The quantitative estimate of drug-likeness (QED) is 0.923. The van der Waals surface area contributed by atoms with E-state index in [-0.39, 0.29) is 0 Å². The van der Waals surface area contributed by atoms with E-state index in [9.17, 15) is 4.79 Å². The molecule has 1 aromatic rings. The molecule has 1 N–H and O–H groups in total. The summed E-state index contributed by atoms with van der Waals surface area (Å²) in [7, 11) is 0. The third kappa shape index (κ3) is 3.93. The molecule has 3 heteroatoms. The van der Waals surface area contributed by atoms with Gasteiger partial charge in [-0.1, -0.05) is 34.1 Å². The summed E-state index contributed by atoms with van der Waals surface area (Å²) in [5, 5.41) is 3.49. The van der Waals surface area contributed by atoms with E-state index in [1.807, 2.05) is 6.07 Å². The number of hydrogen-bond acceptors (Lipinski definition) is 2. The fourth-order valence-electron chi connectivity index (χ4n) is 2.26. The normalized spacial score (nSPS) is 17.4. The number of carbonyl (C=O) groups is 1. The van der Waals surface area contributed by atoms with Gasteiger partial charge in [0.1, 0.15) is 5.78 Å². The summed E-state index contributed by atoms with van der Waals surface area (Å²) in [6, 6.07) is 8.28. The molecule has 0 radical (unpaired) electrons. The van der Waals surface area contributed by atoms with Crippen LogP contribution >= 0.6 is 15.9 Å². The summed E-state index contributed by atoms with van der Waals surface area (Å²) in [5.74, 6) is 1.11. The molecule has 17 heavy (non-hydrogen) atoms.